The summed E-state index contributed by atoms with van der Waals surface area (Å²) in [6, 6.07) is 11.2. The first kappa shape index (κ1) is 28.5. The van der Waals surface area contributed by atoms with Crippen LogP contribution in [0.25, 0.3) is 0 Å². The molecule has 192 valence electrons. The Kier molecular flexibility index (Phi) is 9.97. The third-order valence-corrected chi connectivity index (χ3v) is 7.09. The van der Waals surface area contributed by atoms with Crippen molar-refractivity contribution < 1.29 is 22.7 Å². The number of hydrogen-bond acceptors (Lipinski definition) is 5. The zero-order valence-corrected chi connectivity index (χ0v) is 22.6. The van der Waals surface area contributed by atoms with Crippen LogP contribution in [0.1, 0.15) is 38.3 Å². The number of halogens is 1. The molecule has 0 aliphatic heterocycles. The molecule has 0 heterocycles. The van der Waals surface area contributed by atoms with E-state index in [4.69, 9.17) is 16.3 Å². The Balaban J connectivity index is 2.45. The number of aryl methyl sites for hydroxylation is 1. The summed E-state index contributed by atoms with van der Waals surface area (Å²) >= 11 is 6.12. The number of anilines is 1. The van der Waals surface area contributed by atoms with E-state index in [0.717, 1.165) is 28.1 Å². The van der Waals surface area contributed by atoms with Gasteiger partial charge in [0.15, 0.2) is 0 Å². The van der Waals surface area contributed by atoms with Crippen molar-refractivity contribution in [1.82, 2.24) is 10.2 Å². The van der Waals surface area contributed by atoms with Gasteiger partial charge in [0.05, 0.1) is 19.1 Å². The summed E-state index contributed by atoms with van der Waals surface area (Å²) in [5.74, 6) is -0.601. The van der Waals surface area contributed by atoms with Crippen molar-refractivity contribution in [3.05, 3.63) is 58.6 Å². The SMILES string of the molecule is CC[C@@H](C)NC(=O)[C@@H](C)N(Cc1ccc(C)cc1)C(=O)CN(c1cc(Cl)ccc1OC)S(C)(=O)=O. The normalized spacial score (nSPS) is 13.0. The minimum absolute atomic E-state index is 0.0653. The molecule has 0 aromatic heterocycles. The molecule has 0 spiro atoms. The fraction of sp³-hybridized carbons (Fsp3) is 0.440. The molecule has 10 heteroatoms. The second-order valence-electron chi connectivity index (χ2n) is 8.59. The Morgan fingerprint density at radius 1 is 1.11 bits per heavy atom. The first-order chi connectivity index (χ1) is 16.4. The zero-order chi connectivity index (χ0) is 26.3. The monoisotopic (exact) mass is 523 g/mol. The van der Waals surface area contributed by atoms with E-state index in [0.29, 0.717) is 5.02 Å². The second-order valence-corrected chi connectivity index (χ2v) is 10.9. The third kappa shape index (κ3) is 7.86. The fourth-order valence-corrected chi connectivity index (χ4v) is 4.40. The molecule has 8 nitrogen and oxygen atoms in total. The van der Waals surface area contributed by atoms with Crippen molar-refractivity contribution in [2.24, 2.45) is 0 Å². The lowest BCUT2D eigenvalue weighted by Gasteiger charge is -2.32. The predicted octanol–water partition coefficient (Wildman–Crippen LogP) is 3.76. The summed E-state index contributed by atoms with van der Waals surface area (Å²) in [4.78, 5) is 27.9. The Labute approximate surface area is 213 Å². The molecule has 0 saturated carbocycles. The molecule has 0 aliphatic carbocycles. The first-order valence-corrected chi connectivity index (χ1v) is 13.6. The standard InChI is InChI=1S/C25H34ClN3O5S/c1-7-18(3)27-25(31)19(4)28(15-20-10-8-17(2)9-11-20)24(30)16-29(35(6,32)33)22-14-21(26)12-13-23(22)34-5/h8-14,18-19H,7,15-16H2,1-6H3,(H,27,31)/t18-,19-/m1/s1. The number of nitrogens with one attached hydrogen (secondary N) is 1. The van der Waals surface area contributed by atoms with Crippen LogP contribution in [-0.2, 0) is 26.2 Å². The first-order valence-electron chi connectivity index (χ1n) is 11.3. The number of ether oxygens (including phenoxy) is 1. The highest BCUT2D eigenvalue weighted by molar-refractivity contribution is 7.92. The summed E-state index contributed by atoms with van der Waals surface area (Å²) < 4.78 is 31.7. The van der Waals surface area contributed by atoms with Gasteiger partial charge in [0.25, 0.3) is 0 Å². The lowest BCUT2D eigenvalue weighted by atomic mass is 10.1. The van der Waals surface area contributed by atoms with Crippen LogP contribution in [0, 0.1) is 6.92 Å². The van der Waals surface area contributed by atoms with Crippen LogP contribution in [0.15, 0.2) is 42.5 Å². The summed E-state index contributed by atoms with van der Waals surface area (Å²) in [5, 5.41) is 3.19. The average Bonchev–Trinajstić information content (AvgIpc) is 2.80. The highest BCUT2D eigenvalue weighted by Crippen LogP contribution is 2.33. The van der Waals surface area contributed by atoms with Crippen LogP contribution < -0.4 is 14.4 Å². The molecule has 35 heavy (non-hydrogen) atoms. The minimum atomic E-state index is -3.90. The van der Waals surface area contributed by atoms with Crippen LogP contribution in [0.4, 0.5) is 5.69 Å². The molecule has 1 N–H and O–H groups in total. The number of sulfonamides is 1. The summed E-state index contributed by atoms with van der Waals surface area (Å²) in [5.41, 5.74) is 2.02. The Bertz CT molecular complexity index is 1140. The van der Waals surface area contributed by atoms with Crippen LogP contribution in [0.3, 0.4) is 0 Å². The van der Waals surface area contributed by atoms with Crippen molar-refractivity contribution >= 4 is 39.1 Å². The predicted molar refractivity (Wildman–Crippen MR) is 139 cm³/mol. The summed E-state index contributed by atoms with van der Waals surface area (Å²) in [7, 11) is -2.49. The van der Waals surface area contributed by atoms with E-state index in [1.54, 1.807) is 13.0 Å². The van der Waals surface area contributed by atoms with Gasteiger partial charge in [0.2, 0.25) is 21.8 Å². The minimum Gasteiger partial charge on any atom is -0.495 e. The molecule has 0 radical (unpaired) electrons. The molecular formula is C25H34ClN3O5S. The van der Waals surface area contributed by atoms with Crippen molar-refractivity contribution in [2.75, 3.05) is 24.2 Å². The van der Waals surface area contributed by atoms with Gasteiger partial charge in [-0.1, -0.05) is 48.4 Å². The number of amides is 2. The van der Waals surface area contributed by atoms with E-state index in [1.807, 2.05) is 45.0 Å². The fourth-order valence-electron chi connectivity index (χ4n) is 3.39. The van der Waals surface area contributed by atoms with E-state index < -0.39 is 28.5 Å². The molecule has 0 fully saturated rings. The van der Waals surface area contributed by atoms with Gasteiger partial charge >= 0.3 is 0 Å². The van der Waals surface area contributed by atoms with Crippen molar-refractivity contribution in [3.63, 3.8) is 0 Å². The third-order valence-electron chi connectivity index (χ3n) is 5.73. The van der Waals surface area contributed by atoms with Crippen molar-refractivity contribution in [3.8, 4) is 5.75 Å². The lowest BCUT2D eigenvalue weighted by molar-refractivity contribution is -0.139. The van der Waals surface area contributed by atoms with Crippen molar-refractivity contribution in [2.45, 2.75) is 52.7 Å². The average molecular weight is 524 g/mol. The summed E-state index contributed by atoms with van der Waals surface area (Å²) in [6.07, 6.45) is 1.74. The smallest absolute Gasteiger partial charge is 0.244 e. The second kappa shape index (κ2) is 12.3. The molecule has 2 rings (SSSR count). The van der Waals surface area contributed by atoms with Gasteiger partial charge in [0, 0.05) is 17.6 Å². The molecule has 0 unspecified atom stereocenters. The zero-order valence-electron chi connectivity index (χ0n) is 21.0. The topological polar surface area (TPSA) is 96.0 Å². The Morgan fingerprint density at radius 3 is 2.29 bits per heavy atom. The molecule has 0 saturated heterocycles. The lowest BCUT2D eigenvalue weighted by Crippen LogP contribution is -2.52. The quantitative estimate of drug-likeness (QED) is 0.484. The highest BCUT2D eigenvalue weighted by Gasteiger charge is 2.31. The van der Waals surface area contributed by atoms with Crippen LogP contribution in [-0.4, -0.2) is 57.1 Å². The largest absolute Gasteiger partial charge is 0.495 e. The van der Waals surface area contributed by atoms with Gasteiger partial charge in [-0.3, -0.25) is 13.9 Å². The molecular weight excluding hydrogens is 490 g/mol. The van der Waals surface area contributed by atoms with Crippen LogP contribution in [0.2, 0.25) is 5.02 Å². The van der Waals surface area contributed by atoms with Gasteiger partial charge in [-0.25, -0.2) is 8.42 Å². The Morgan fingerprint density at radius 2 is 1.74 bits per heavy atom. The number of nitrogens with zero attached hydrogens (tertiary/aromatic N) is 2. The van der Waals surface area contributed by atoms with Gasteiger partial charge < -0.3 is 15.0 Å². The summed E-state index contributed by atoms with van der Waals surface area (Å²) in [6.45, 7) is 7.04. The van der Waals surface area contributed by atoms with E-state index in [-0.39, 0.29) is 29.9 Å². The maximum absolute atomic E-state index is 13.6. The van der Waals surface area contributed by atoms with Gasteiger partial charge in [-0.2, -0.15) is 0 Å². The number of carbonyl (C=O) groups is 2. The molecule has 2 amide bonds. The van der Waals surface area contributed by atoms with Gasteiger partial charge in [0.1, 0.15) is 18.3 Å². The molecule has 2 aromatic carbocycles. The number of benzene rings is 2. The number of hydrogen-bond donors (Lipinski definition) is 1. The molecule has 2 atom stereocenters. The molecule has 0 aliphatic rings. The molecule has 2 aromatic rings. The van der Waals surface area contributed by atoms with Gasteiger partial charge in [-0.15, -0.1) is 0 Å². The van der Waals surface area contributed by atoms with E-state index in [1.165, 1.54) is 24.1 Å². The van der Waals surface area contributed by atoms with E-state index in [2.05, 4.69) is 5.32 Å². The molecule has 0 bridgehead atoms. The van der Waals surface area contributed by atoms with Crippen LogP contribution >= 0.6 is 11.6 Å². The van der Waals surface area contributed by atoms with E-state index >= 15 is 0 Å². The van der Waals surface area contributed by atoms with E-state index in [9.17, 15) is 18.0 Å². The van der Waals surface area contributed by atoms with Crippen LogP contribution in [0.5, 0.6) is 5.75 Å². The van der Waals surface area contributed by atoms with Crippen molar-refractivity contribution in [1.29, 1.82) is 0 Å². The van der Waals surface area contributed by atoms with Gasteiger partial charge in [-0.05, 0) is 51.0 Å². The highest BCUT2D eigenvalue weighted by atomic mass is 35.5. The number of carbonyl (C=O) groups excluding carboxylic acids is 2. The Hall–Kier alpha value is -2.78. The number of methoxy groups -OCH3 is 1. The maximum Gasteiger partial charge on any atom is 0.244 e. The number of rotatable bonds is 11. The maximum atomic E-state index is 13.6.